The molecule has 2 N–H and O–H groups in total. The van der Waals surface area contributed by atoms with E-state index in [1.165, 1.54) is 0 Å². The van der Waals surface area contributed by atoms with Crippen LogP contribution in [0.3, 0.4) is 0 Å². The Labute approximate surface area is 162 Å². The number of carbonyl (C=O) groups excluding carboxylic acids is 1. The maximum Gasteiger partial charge on any atom is 0.164 e. The van der Waals surface area contributed by atoms with E-state index in [0.717, 1.165) is 16.0 Å². The molecule has 6 heteroatoms. The number of halogens is 2. The number of Topliss-reactive ketones (excluding diaryl/α,β-unsaturated/α-hetero) is 1. The van der Waals surface area contributed by atoms with E-state index in [0.29, 0.717) is 5.75 Å². The topological polar surface area (TPSA) is 41.1 Å². The van der Waals surface area contributed by atoms with E-state index in [1.54, 1.807) is 11.8 Å². The first-order chi connectivity index (χ1) is 12.1. The van der Waals surface area contributed by atoms with Gasteiger partial charge in [0.05, 0.1) is 18.1 Å². The molecule has 25 heavy (non-hydrogen) atoms. The monoisotopic (exact) mass is 394 g/mol. The highest BCUT2D eigenvalue weighted by molar-refractivity contribution is 7.99. The number of ketones is 1. The summed E-state index contributed by atoms with van der Waals surface area (Å²) < 4.78 is 0. The van der Waals surface area contributed by atoms with Gasteiger partial charge in [-0.15, -0.1) is 35.0 Å². The van der Waals surface area contributed by atoms with Crippen molar-refractivity contribution in [3.05, 3.63) is 65.7 Å². The van der Waals surface area contributed by atoms with E-state index in [2.05, 4.69) is 16.7 Å². The largest absolute Gasteiger partial charge is 0.304 e. The first kappa shape index (κ1) is 18.7. The first-order valence-corrected chi connectivity index (χ1v) is 9.99. The first-order valence-electron chi connectivity index (χ1n) is 8.13. The van der Waals surface area contributed by atoms with Crippen LogP contribution in [0.15, 0.2) is 59.5 Å². The van der Waals surface area contributed by atoms with Gasteiger partial charge in [-0.2, -0.15) is 0 Å². The van der Waals surface area contributed by atoms with Gasteiger partial charge < -0.3 is 5.32 Å². The van der Waals surface area contributed by atoms with Crippen molar-refractivity contribution in [2.75, 3.05) is 12.8 Å². The molecule has 0 saturated carbocycles. The van der Waals surface area contributed by atoms with Crippen molar-refractivity contribution in [3.63, 3.8) is 0 Å². The van der Waals surface area contributed by atoms with Crippen LogP contribution in [0.2, 0.25) is 0 Å². The van der Waals surface area contributed by atoms with Gasteiger partial charge in [-0.1, -0.05) is 42.5 Å². The standard InChI is InChI=1S/C19H20Cl2N2OS/c1-22-19-16(13-8-5-9-14(10-13)25-11-15(20)21)18(24)17(23-19)12-6-3-2-4-7-12/h2-10,15-17,19,22-23H,11H2,1H3. The van der Waals surface area contributed by atoms with Gasteiger partial charge in [-0.05, 0) is 30.3 Å². The molecule has 2 aromatic carbocycles. The molecule has 0 aromatic heterocycles. The Morgan fingerprint density at radius 3 is 2.52 bits per heavy atom. The molecule has 0 bridgehead atoms. The maximum absolute atomic E-state index is 13.1. The molecule has 1 aliphatic rings. The van der Waals surface area contributed by atoms with E-state index in [9.17, 15) is 4.79 Å². The quantitative estimate of drug-likeness (QED) is 0.570. The molecule has 0 spiro atoms. The van der Waals surface area contributed by atoms with Crippen LogP contribution >= 0.6 is 35.0 Å². The number of hydrogen-bond donors (Lipinski definition) is 2. The molecule has 132 valence electrons. The van der Waals surface area contributed by atoms with E-state index in [-0.39, 0.29) is 23.9 Å². The van der Waals surface area contributed by atoms with Gasteiger partial charge in [0, 0.05) is 10.6 Å². The summed E-state index contributed by atoms with van der Waals surface area (Å²) in [6.45, 7) is 0. The molecule has 0 radical (unpaired) electrons. The molecule has 1 aliphatic heterocycles. The van der Waals surface area contributed by atoms with E-state index >= 15 is 0 Å². The summed E-state index contributed by atoms with van der Waals surface area (Å²) in [6.07, 6.45) is -0.105. The fourth-order valence-electron chi connectivity index (χ4n) is 3.17. The summed E-state index contributed by atoms with van der Waals surface area (Å²) in [5.41, 5.74) is 1.99. The SMILES string of the molecule is CNC1NC(c2ccccc2)C(=O)C1c1cccc(SCC(Cl)Cl)c1. The van der Waals surface area contributed by atoms with Crippen molar-refractivity contribution >= 4 is 40.7 Å². The third-order valence-corrected chi connectivity index (χ3v) is 6.07. The van der Waals surface area contributed by atoms with Crippen LogP contribution in [0.4, 0.5) is 0 Å². The van der Waals surface area contributed by atoms with Crippen LogP contribution in [0.5, 0.6) is 0 Å². The zero-order chi connectivity index (χ0) is 17.8. The van der Waals surface area contributed by atoms with Crippen LogP contribution in [-0.2, 0) is 4.79 Å². The minimum absolute atomic E-state index is 0.105. The molecule has 3 unspecified atom stereocenters. The normalized spacial score (nSPS) is 23.4. The fourth-order valence-corrected chi connectivity index (χ4v) is 4.26. The van der Waals surface area contributed by atoms with Gasteiger partial charge in [-0.3, -0.25) is 10.1 Å². The van der Waals surface area contributed by atoms with E-state index in [4.69, 9.17) is 23.2 Å². The smallest absolute Gasteiger partial charge is 0.164 e. The lowest BCUT2D eigenvalue weighted by Gasteiger charge is -2.18. The lowest BCUT2D eigenvalue weighted by molar-refractivity contribution is -0.120. The number of alkyl halides is 2. The Hall–Kier alpha value is -1.04. The van der Waals surface area contributed by atoms with Crippen LogP contribution in [0.25, 0.3) is 0 Å². The van der Waals surface area contributed by atoms with Gasteiger partial charge in [0.15, 0.2) is 5.78 Å². The van der Waals surface area contributed by atoms with Crippen LogP contribution < -0.4 is 10.6 Å². The molecule has 3 atom stereocenters. The highest BCUT2D eigenvalue weighted by Crippen LogP contribution is 2.35. The van der Waals surface area contributed by atoms with Gasteiger partial charge >= 0.3 is 0 Å². The second-order valence-electron chi connectivity index (χ2n) is 5.93. The zero-order valence-corrected chi connectivity index (χ0v) is 16.1. The summed E-state index contributed by atoms with van der Waals surface area (Å²) in [6, 6.07) is 17.6. The predicted molar refractivity (Wildman–Crippen MR) is 106 cm³/mol. The highest BCUT2D eigenvalue weighted by atomic mass is 35.5. The van der Waals surface area contributed by atoms with Gasteiger partial charge in [0.25, 0.3) is 0 Å². The lowest BCUT2D eigenvalue weighted by Crippen LogP contribution is -2.39. The van der Waals surface area contributed by atoms with Crippen molar-refractivity contribution in [3.8, 4) is 0 Å². The molecular formula is C19H20Cl2N2OS. The Morgan fingerprint density at radius 2 is 1.84 bits per heavy atom. The summed E-state index contributed by atoms with van der Waals surface area (Å²) in [5.74, 6) is 0.560. The van der Waals surface area contributed by atoms with Gasteiger partial charge in [0.1, 0.15) is 4.84 Å². The Bertz CT molecular complexity index is 726. The van der Waals surface area contributed by atoms with Gasteiger partial charge in [0.2, 0.25) is 0 Å². The van der Waals surface area contributed by atoms with E-state index < -0.39 is 4.84 Å². The average molecular weight is 395 g/mol. The summed E-state index contributed by atoms with van der Waals surface area (Å²) >= 11 is 13.2. The highest BCUT2D eigenvalue weighted by Gasteiger charge is 2.42. The third-order valence-electron chi connectivity index (χ3n) is 4.31. The van der Waals surface area contributed by atoms with Crippen molar-refractivity contribution in [2.24, 2.45) is 0 Å². The second-order valence-corrected chi connectivity index (χ2v) is 8.30. The van der Waals surface area contributed by atoms with Gasteiger partial charge in [-0.25, -0.2) is 0 Å². The number of hydrogen-bond acceptors (Lipinski definition) is 4. The summed E-state index contributed by atoms with van der Waals surface area (Å²) in [7, 11) is 1.87. The molecule has 1 saturated heterocycles. The molecule has 2 aromatic rings. The van der Waals surface area contributed by atoms with Crippen LogP contribution in [0.1, 0.15) is 23.1 Å². The summed E-state index contributed by atoms with van der Waals surface area (Å²) in [4.78, 5) is 13.8. The van der Waals surface area contributed by atoms with E-state index in [1.807, 2.05) is 55.6 Å². The number of thioether (sulfide) groups is 1. The zero-order valence-electron chi connectivity index (χ0n) is 13.8. The molecule has 0 aliphatic carbocycles. The Morgan fingerprint density at radius 1 is 1.12 bits per heavy atom. The number of rotatable bonds is 6. The van der Waals surface area contributed by atoms with Crippen molar-refractivity contribution in [2.45, 2.75) is 27.9 Å². The van der Waals surface area contributed by atoms with Crippen LogP contribution in [0, 0.1) is 0 Å². The molecule has 1 fully saturated rings. The fraction of sp³-hybridized carbons (Fsp3) is 0.316. The third kappa shape index (κ3) is 4.39. The predicted octanol–water partition coefficient (Wildman–Crippen LogP) is 4.13. The number of likely N-dealkylation sites (N-methyl/N-ethyl adjacent to an activating group) is 1. The lowest BCUT2D eigenvalue weighted by atomic mass is 9.91. The minimum atomic E-state index is -0.407. The van der Waals surface area contributed by atoms with Crippen molar-refractivity contribution < 1.29 is 4.79 Å². The molecule has 3 rings (SSSR count). The molecule has 1 heterocycles. The molecular weight excluding hydrogens is 375 g/mol. The second kappa shape index (κ2) is 8.56. The minimum Gasteiger partial charge on any atom is -0.304 e. The average Bonchev–Trinajstić information content (AvgIpc) is 2.97. The van der Waals surface area contributed by atoms with Crippen molar-refractivity contribution in [1.82, 2.24) is 10.6 Å². The number of carbonyl (C=O) groups is 1. The Kier molecular flexibility index (Phi) is 6.42. The number of nitrogens with one attached hydrogen (secondary N) is 2. The number of benzene rings is 2. The maximum atomic E-state index is 13.1. The molecule has 0 amide bonds. The summed E-state index contributed by atoms with van der Waals surface area (Å²) in [5, 5.41) is 6.65. The van der Waals surface area contributed by atoms with Crippen molar-refractivity contribution in [1.29, 1.82) is 0 Å². The van der Waals surface area contributed by atoms with Crippen LogP contribution in [-0.4, -0.2) is 29.6 Å². The molecule has 3 nitrogen and oxygen atoms in total. The Balaban J connectivity index is 1.85.